The SMILES string of the molecule is CCCC(CNC(=O)CSc1nc(C)c(CC(N)=O)s1)c1ccc(Cl)cc1Cl. The van der Waals surface area contributed by atoms with Crippen LogP contribution in [0.4, 0.5) is 0 Å². The number of nitrogens with zero attached hydrogens (tertiary/aromatic N) is 1. The molecule has 0 aliphatic rings. The van der Waals surface area contributed by atoms with Gasteiger partial charge in [0.05, 0.1) is 17.9 Å². The molecule has 1 heterocycles. The maximum absolute atomic E-state index is 12.3. The van der Waals surface area contributed by atoms with Gasteiger partial charge in [-0.25, -0.2) is 4.98 Å². The number of aryl methyl sites for hydroxylation is 1. The molecule has 0 saturated carbocycles. The first-order chi connectivity index (χ1) is 13.3. The molecule has 0 radical (unpaired) electrons. The lowest BCUT2D eigenvalue weighted by Crippen LogP contribution is -2.30. The summed E-state index contributed by atoms with van der Waals surface area (Å²) in [5.74, 6) is -0.0618. The number of thioether (sulfide) groups is 1. The molecule has 0 aliphatic heterocycles. The standard InChI is InChI=1S/C19H23Cl2N3O2S2/c1-3-4-12(14-6-5-13(20)7-15(14)21)9-23-18(26)10-27-19-24-11(2)16(28-19)8-17(22)25/h5-7,12H,3-4,8-10H2,1-2H3,(H2,22,25)(H,23,26). The van der Waals surface area contributed by atoms with Crippen molar-refractivity contribution < 1.29 is 9.59 Å². The number of carbonyl (C=O) groups excluding carboxylic acids is 2. The zero-order valence-electron chi connectivity index (χ0n) is 15.8. The first-order valence-electron chi connectivity index (χ1n) is 8.89. The number of rotatable bonds is 10. The minimum Gasteiger partial charge on any atom is -0.369 e. The lowest BCUT2D eigenvalue weighted by atomic mass is 9.94. The topological polar surface area (TPSA) is 85.1 Å². The van der Waals surface area contributed by atoms with Crippen LogP contribution in [-0.2, 0) is 16.0 Å². The van der Waals surface area contributed by atoms with Crippen LogP contribution in [0.5, 0.6) is 0 Å². The van der Waals surface area contributed by atoms with Gasteiger partial charge in [-0.3, -0.25) is 9.59 Å². The molecule has 0 saturated heterocycles. The first kappa shape index (κ1) is 23.0. The third kappa shape index (κ3) is 6.95. The van der Waals surface area contributed by atoms with Crippen molar-refractivity contribution in [3.63, 3.8) is 0 Å². The number of carbonyl (C=O) groups is 2. The van der Waals surface area contributed by atoms with Gasteiger partial charge in [-0.05, 0) is 31.0 Å². The number of amides is 2. The summed E-state index contributed by atoms with van der Waals surface area (Å²) in [5.41, 5.74) is 7.01. The summed E-state index contributed by atoms with van der Waals surface area (Å²) in [7, 11) is 0. The maximum Gasteiger partial charge on any atom is 0.230 e. The minimum atomic E-state index is -0.385. The average molecular weight is 460 g/mol. The predicted octanol–water partition coefficient (Wildman–Crippen LogP) is 4.58. The smallest absolute Gasteiger partial charge is 0.230 e. The fraction of sp³-hybridized carbons (Fsp3) is 0.421. The zero-order chi connectivity index (χ0) is 20.7. The van der Waals surface area contributed by atoms with E-state index in [1.165, 1.54) is 23.1 Å². The lowest BCUT2D eigenvalue weighted by molar-refractivity contribution is -0.119. The van der Waals surface area contributed by atoms with Crippen molar-refractivity contribution >= 4 is 58.1 Å². The molecule has 2 amide bonds. The first-order valence-corrected chi connectivity index (χ1v) is 11.4. The van der Waals surface area contributed by atoms with Crippen molar-refractivity contribution in [3.8, 4) is 0 Å². The molecule has 2 rings (SSSR count). The summed E-state index contributed by atoms with van der Waals surface area (Å²) in [6, 6.07) is 5.47. The molecule has 0 bridgehead atoms. The van der Waals surface area contributed by atoms with Crippen LogP contribution >= 0.6 is 46.3 Å². The van der Waals surface area contributed by atoms with Gasteiger partial charge in [0, 0.05) is 27.4 Å². The molecule has 1 atom stereocenters. The van der Waals surface area contributed by atoms with E-state index in [4.69, 9.17) is 28.9 Å². The number of hydrogen-bond donors (Lipinski definition) is 2. The predicted molar refractivity (Wildman–Crippen MR) is 118 cm³/mol. The second kappa shape index (κ2) is 11.0. The number of aromatic nitrogens is 1. The number of benzene rings is 1. The highest BCUT2D eigenvalue weighted by Crippen LogP contribution is 2.30. The fourth-order valence-electron chi connectivity index (χ4n) is 2.75. The van der Waals surface area contributed by atoms with Crippen LogP contribution in [0.2, 0.25) is 10.0 Å². The zero-order valence-corrected chi connectivity index (χ0v) is 18.9. The van der Waals surface area contributed by atoms with E-state index >= 15 is 0 Å². The van der Waals surface area contributed by atoms with Gasteiger partial charge in [0.25, 0.3) is 0 Å². The Balaban J connectivity index is 1.90. The molecule has 2 aromatic rings. The average Bonchev–Trinajstić information content (AvgIpc) is 2.96. The van der Waals surface area contributed by atoms with E-state index in [-0.39, 0.29) is 29.9 Å². The van der Waals surface area contributed by atoms with Crippen molar-refractivity contribution in [2.45, 2.75) is 43.4 Å². The normalized spacial score (nSPS) is 12.0. The Bertz CT molecular complexity index is 843. The molecule has 0 spiro atoms. The minimum absolute atomic E-state index is 0.0690. The monoisotopic (exact) mass is 459 g/mol. The van der Waals surface area contributed by atoms with Crippen molar-refractivity contribution in [1.82, 2.24) is 10.3 Å². The van der Waals surface area contributed by atoms with Crippen LogP contribution in [0.15, 0.2) is 22.5 Å². The largest absolute Gasteiger partial charge is 0.369 e. The number of nitrogens with two attached hydrogens (primary N) is 1. The molecular formula is C19H23Cl2N3O2S2. The molecule has 5 nitrogen and oxygen atoms in total. The van der Waals surface area contributed by atoms with Crippen LogP contribution in [-0.4, -0.2) is 29.1 Å². The van der Waals surface area contributed by atoms with Crippen LogP contribution in [0.25, 0.3) is 0 Å². The van der Waals surface area contributed by atoms with Crippen LogP contribution in [0.3, 0.4) is 0 Å². The third-order valence-corrected chi connectivity index (χ3v) is 6.98. The molecule has 0 aliphatic carbocycles. The Morgan fingerprint density at radius 2 is 2.11 bits per heavy atom. The summed E-state index contributed by atoms with van der Waals surface area (Å²) in [6.07, 6.45) is 2.07. The second-order valence-electron chi connectivity index (χ2n) is 6.38. The molecule has 1 aromatic carbocycles. The number of hydrogen-bond acceptors (Lipinski definition) is 5. The van der Waals surface area contributed by atoms with Crippen LogP contribution < -0.4 is 11.1 Å². The van der Waals surface area contributed by atoms with Gasteiger partial charge in [0.15, 0.2) is 4.34 Å². The lowest BCUT2D eigenvalue weighted by Gasteiger charge is -2.19. The second-order valence-corrected chi connectivity index (χ2v) is 9.53. The third-order valence-electron chi connectivity index (χ3n) is 4.12. The quantitative estimate of drug-likeness (QED) is 0.509. The van der Waals surface area contributed by atoms with E-state index in [0.717, 1.165) is 33.3 Å². The van der Waals surface area contributed by atoms with Crippen molar-refractivity contribution in [1.29, 1.82) is 0 Å². The van der Waals surface area contributed by atoms with Crippen LogP contribution in [0, 0.1) is 6.92 Å². The highest BCUT2D eigenvalue weighted by atomic mass is 35.5. The highest BCUT2D eigenvalue weighted by molar-refractivity contribution is 8.01. The Kier molecular flexibility index (Phi) is 9.08. The molecule has 0 fully saturated rings. The van der Waals surface area contributed by atoms with Crippen molar-refractivity contribution in [2.24, 2.45) is 5.73 Å². The molecular weight excluding hydrogens is 437 g/mol. The molecule has 3 N–H and O–H groups in total. The van der Waals surface area contributed by atoms with Gasteiger partial charge >= 0.3 is 0 Å². The Labute approximate surface area is 183 Å². The number of nitrogens with one attached hydrogen (secondary N) is 1. The molecule has 1 aromatic heterocycles. The van der Waals surface area contributed by atoms with Crippen LogP contribution in [0.1, 0.15) is 41.8 Å². The van der Waals surface area contributed by atoms with Gasteiger partial charge in [-0.15, -0.1) is 11.3 Å². The maximum atomic E-state index is 12.3. The number of halogens is 2. The molecule has 152 valence electrons. The molecule has 9 heteroatoms. The van der Waals surface area contributed by atoms with E-state index in [1.807, 2.05) is 19.1 Å². The van der Waals surface area contributed by atoms with Gasteiger partial charge in [0.1, 0.15) is 0 Å². The van der Waals surface area contributed by atoms with E-state index in [2.05, 4.69) is 17.2 Å². The highest BCUT2D eigenvalue weighted by Gasteiger charge is 2.17. The molecule has 1 unspecified atom stereocenters. The summed E-state index contributed by atoms with van der Waals surface area (Å²) in [6.45, 7) is 4.45. The van der Waals surface area contributed by atoms with E-state index < -0.39 is 0 Å². The Morgan fingerprint density at radius 3 is 2.75 bits per heavy atom. The summed E-state index contributed by atoms with van der Waals surface area (Å²) in [5, 5.41) is 4.20. The summed E-state index contributed by atoms with van der Waals surface area (Å²) in [4.78, 5) is 28.6. The summed E-state index contributed by atoms with van der Waals surface area (Å²) < 4.78 is 0.759. The summed E-state index contributed by atoms with van der Waals surface area (Å²) >= 11 is 15.1. The van der Waals surface area contributed by atoms with E-state index in [0.29, 0.717) is 16.6 Å². The van der Waals surface area contributed by atoms with Gasteiger partial charge < -0.3 is 11.1 Å². The van der Waals surface area contributed by atoms with Crippen molar-refractivity contribution in [3.05, 3.63) is 44.4 Å². The number of thiazole rings is 1. The van der Waals surface area contributed by atoms with Crippen molar-refractivity contribution in [2.75, 3.05) is 12.3 Å². The van der Waals surface area contributed by atoms with E-state index in [9.17, 15) is 9.59 Å². The molecule has 28 heavy (non-hydrogen) atoms. The van der Waals surface area contributed by atoms with Gasteiger partial charge in [0.2, 0.25) is 11.8 Å². The number of primary amides is 1. The Morgan fingerprint density at radius 1 is 1.36 bits per heavy atom. The van der Waals surface area contributed by atoms with Gasteiger partial charge in [-0.2, -0.15) is 0 Å². The fourth-order valence-corrected chi connectivity index (χ4v) is 5.39. The van der Waals surface area contributed by atoms with Gasteiger partial charge in [-0.1, -0.05) is 54.4 Å². The Hall–Kier alpha value is -1.28. The van der Waals surface area contributed by atoms with E-state index in [1.54, 1.807) is 6.07 Å².